The van der Waals surface area contributed by atoms with Gasteiger partial charge in [0.25, 0.3) is 0 Å². The van der Waals surface area contributed by atoms with Crippen molar-refractivity contribution in [1.82, 2.24) is 0 Å². The first kappa shape index (κ1) is 13.0. The minimum atomic E-state index is -0.347. The van der Waals surface area contributed by atoms with Gasteiger partial charge < -0.3 is 15.2 Å². The lowest BCUT2D eigenvalue weighted by Gasteiger charge is -2.11. The Morgan fingerprint density at radius 3 is 2.89 bits per heavy atom. The highest BCUT2D eigenvalue weighted by Crippen LogP contribution is 2.45. The van der Waals surface area contributed by atoms with Gasteiger partial charge in [-0.3, -0.25) is 4.79 Å². The fourth-order valence-electron chi connectivity index (χ4n) is 1.81. The van der Waals surface area contributed by atoms with Crippen LogP contribution in [0.1, 0.15) is 31.2 Å². The molecule has 0 aromatic heterocycles. The Labute approximate surface area is 111 Å². The molecular formula is C13H16ClNO3. The highest BCUT2D eigenvalue weighted by Gasteiger charge is 2.26. The number of ether oxygens (including phenoxy) is 1. The van der Waals surface area contributed by atoms with Crippen LogP contribution in [0.4, 0.5) is 5.69 Å². The molecule has 1 aliphatic rings. The van der Waals surface area contributed by atoms with Crippen LogP contribution in [0.5, 0.6) is 5.75 Å². The molecule has 0 bridgehead atoms. The first-order chi connectivity index (χ1) is 8.61. The molecule has 0 unspecified atom stereocenters. The Morgan fingerprint density at radius 1 is 1.56 bits per heavy atom. The van der Waals surface area contributed by atoms with E-state index >= 15 is 0 Å². The summed E-state index contributed by atoms with van der Waals surface area (Å²) >= 11 is 6.07. The number of halogens is 1. The van der Waals surface area contributed by atoms with E-state index in [2.05, 4.69) is 5.32 Å². The molecule has 1 aliphatic carbocycles. The van der Waals surface area contributed by atoms with Crippen LogP contribution < -0.4 is 5.32 Å². The average molecular weight is 270 g/mol. The van der Waals surface area contributed by atoms with Crippen molar-refractivity contribution in [3.05, 3.63) is 22.7 Å². The number of carbonyl (C=O) groups excluding carboxylic acids is 1. The number of phenolic OH excluding ortho intramolecular Hbond substituents is 1. The second-order valence-electron chi connectivity index (χ2n) is 4.32. The van der Waals surface area contributed by atoms with Crippen molar-refractivity contribution in [2.45, 2.75) is 25.7 Å². The van der Waals surface area contributed by atoms with Crippen molar-refractivity contribution in [1.29, 1.82) is 0 Å². The quantitative estimate of drug-likeness (QED) is 0.637. The molecule has 2 rings (SSSR count). The normalized spacial score (nSPS) is 14.3. The van der Waals surface area contributed by atoms with Crippen LogP contribution in [0, 0.1) is 0 Å². The molecule has 18 heavy (non-hydrogen) atoms. The Bertz CT molecular complexity index is 458. The maximum absolute atomic E-state index is 11.2. The molecule has 0 aliphatic heterocycles. The highest BCUT2D eigenvalue weighted by molar-refractivity contribution is 6.31. The molecule has 5 heteroatoms. The van der Waals surface area contributed by atoms with Crippen LogP contribution in [-0.4, -0.2) is 24.2 Å². The van der Waals surface area contributed by atoms with E-state index in [9.17, 15) is 9.90 Å². The number of aromatic hydroxyl groups is 1. The van der Waals surface area contributed by atoms with Gasteiger partial charge in [-0.1, -0.05) is 11.6 Å². The van der Waals surface area contributed by atoms with Gasteiger partial charge in [0.05, 0.1) is 12.3 Å². The summed E-state index contributed by atoms with van der Waals surface area (Å²) in [6.45, 7) is 2.14. The monoisotopic (exact) mass is 269 g/mol. The van der Waals surface area contributed by atoms with Crippen LogP contribution in [0.2, 0.25) is 5.02 Å². The second-order valence-corrected chi connectivity index (χ2v) is 4.73. The summed E-state index contributed by atoms with van der Waals surface area (Å²) < 4.78 is 4.81. The maximum atomic E-state index is 11.2. The molecule has 0 spiro atoms. The van der Waals surface area contributed by atoms with E-state index in [1.807, 2.05) is 6.07 Å². The maximum Gasteiger partial charge on any atom is 0.325 e. The van der Waals surface area contributed by atoms with E-state index < -0.39 is 0 Å². The average Bonchev–Trinajstić information content (AvgIpc) is 3.12. The number of phenols is 1. The summed E-state index contributed by atoms with van der Waals surface area (Å²) in [5, 5.41) is 13.2. The lowest BCUT2D eigenvalue weighted by molar-refractivity contribution is -0.140. The summed E-state index contributed by atoms with van der Waals surface area (Å²) in [7, 11) is 0. The van der Waals surface area contributed by atoms with Crippen molar-refractivity contribution in [3.63, 3.8) is 0 Å². The standard InChI is InChI=1S/C13H16ClNO3/c1-2-18-13(17)7-15-11-5-9(8-3-4-8)10(14)6-12(11)16/h5-6,8,15-16H,2-4,7H2,1H3. The molecule has 1 saturated carbocycles. The molecule has 0 amide bonds. The van der Waals surface area contributed by atoms with Gasteiger partial charge in [0.1, 0.15) is 12.3 Å². The zero-order chi connectivity index (χ0) is 13.1. The molecule has 98 valence electrons. The summed E-state index contributed by atoms with van der Waals surface area (Å²) in [6, 6.07) is 3.33. The van der Waals surface area contributed by atoms with Crippen LogP contribution in [-0.2, 0) is 9.53 Å². The van der Waals surface area contributed by atoms with Gasteiger partial charge in [0.15, 0.2) is 0 Å². The van der Waals surface area contributed by atoms with E-state index in [1.54, 1.807) is 6.92 Å². The molecule has 1 aromatic rings. The third-order valence-corrected chi connectivity index (χ3v) is 3.19. The van der Waals surface area contributed by atoms with Gasteiger partial charge in [-0.25, -0.2) is 0 Å². The van der Waals surface area contributed by atoms with E-state index in [0.29, 0.717) is 23.2 Å². The zero-order valence-electron chi connectivity index (χ0n) is 10.2. The molecule has 0 heterocycles. The largest absolute Gasteiger partial charge is 0.506 e. The number of anilines is 1. The number of hydrogen-bond acceptors (Lipinski definition) is 4. The van der Waals surface area contributed by atoms with E-state index in [0.717, 1.165) is 18.4 Å². The third kappa shape index (κ3) is 3.07. The van der Waals surface area contributed by atoms with Crippen molar-refractivity contribution in [3.8, 4) is 5.75 Å². The van der Waals surface area contributed by atoms with Gasteiger partial charge >= 0.3 is 5.97 Å². The molecule has 0 atom stereocenters. The van der Waals surface area contributed by atoms with Crippen molar-refractivity contribution >= 4 is 23.3 Å². The number of hydrogen-bond donors (Lipinski definition) is 2. The Morgan fingerprint density at radius 2 is 2.28 bits per heavy atom. The van der Waals surface area contributed by atoms with Crippen molar-refractivity contribution in [2.75, 3.05) is 18.5 Å². The smallest absolute Gasteiger partial charge is 0.325 e. The van der Waals surface area contributed by atoms with E-state index in [-0.39, 0.29) is 18.3 Å². The number of nitrogens with one attached hydrogen (secondary N) is 1. The van der Waals surface area contributed by atoms with Crippen molar-refractivity contribution < 1.29 is 14.6 Å². The topological polar surface area (TPSA) is 58.6 Å². The van der Waals surface area contributed by atoms with Crippen LogP contribution in [0.3, 0.4) is 0 Å². The highest BCUT2D eigenvalue weighted by atomic mass is 35.5. The van der Waals surface area contributed by atoms with Crippen LogP contribution in [0.15, 0.2) is 12.1 Å². The molecule has 2 N–H and O–H groups in total. The Balaban J connectivity index is 2.07. The number of benzene rings is 1. The van der Waals surface area contributed by atoms with Gasteiger partial charge in [-0.05, 0) is 37.3 Å². The SMILES string of the molecule is CCOC(=O)CNc1cc(C2CC2)c(Cl)cc1O. The number of carbonyl (C=O) groups is 1. The summed E-state index contributed by atoms with van der Waals surface area (Å²) in [6.07, 6.45) is 2.25. The van der Waals surface area contributed by atoms with Gasteiger partial charge in [0.2, 0.25) is 0 Å². The fourth-order valence-corrected chi connectivity index (χ4v) is 2.12. The third-order valence-electron chi connectivity index (χ3n) is 2.86. The van der Waals surface area contributed by atoms with E-state index in [4.69, 9.17) is 16.3 Å². The lowest BCUT2D eigenvalue weighted by Crippen LogP contribution is -2.16. The van der Waals surface area contributed by atoms with Crippen molar-refractivity contribution in [2.24, 2.45) is 0 Å². The lowest BCUT2D eigenvalue weighted by atomic mass is 10.1. The van der Waals surface area contributed by atoms with Gasteiger partial charge in [-0.2, -0.15) is 0 Å². The molecular weight excluding hydrogens is 254 g/mol. The summed E-state index contributed by atoms with van der Waals surface area (Å²) in [5.74, 6) is 0.190. The molecule has 0 radical (unpaired) electrons. The van der Waals surface area contributed by atoms with Crippen LogP contribution >= 0.6 is 11.6 Å². The van der Waals surface area contributed by atoms with Gasteiger partial charge in [-0.15, -0.1) is 0 Å². The van der Waals surface area contributed by atoms with Crippen LogP contribution in [0.25, 0.3) is 0 Å². The van der Waals surface area contributed by atoms with E-state index in [1.165, 1.54) is 6.07 Å². The number of esters is 1. The predicted octanol–water partition coefficient (Wildman–Crippen LogP) is 2.90. The molecule has 4 nitrogen and oxygen atoms in total. The molecule has 1 aromatic carbocycles. The zero-order valence-corrected chi connectivity index (χ0v) is 11.0. The Hall–Kier alpha value is -1.42. The predicted molar refractivity (Wildman–Crippen MR) is 70.2 cm³/mol. The first-order valence-electron chi connectivity index (χ1n) is 6.03. The minimum absolute atomic E-state index is 0.0349. The number of rotatable bonds is 5. The minimum Gasteiger partial charge on any atom is -0.506 e. The summed E-state index contributed by atoms with van der Waals surface area (Å²) in [4.78, 5) is 11.2. The fraction of sp³-hybridized carbons (Fsp3) is 0.462. The summed E-state index contributed by atoms with van der Waals surface area (Å²) in [5.41, 5.74) is 1.55. The Kier molecular flexibility index (Phi) is 3.97. The van der Waals surface area contributed by atoms with Gasteiger partial charge in [0, 0.05) is 11.1 Å². The molecule has 1 fully saturated rings. The molecule has 0 saturated heterocycles. The first-order valence-corrected chi connectivity index (χ1v) is 6.41. The second kappa shape index (κ2) is 5.48.